The van der Waals surface area contributed by atoms with Crippen LogP contribution in [0.4, 0.5) is 17.5 Å². The van der Waals surface area contributed by atoms with Gasteiger partial charge in [0.1, 0.15) is 78.7 Å². The molecule has 0 bridgehead atoms. The van der Waals surface area contributed by atoms with E-state index in [-0.39, 0.29) is 89.1 Å². The second-order valence-corrected chi connectivity index (χ2v) is 30.0. The number of H-pyrrole nitrogens is 3. The predicted molar refractivity (Wildman–Crippen MR) is 424 cm³/mol. The van der Waals surface area contributed by atoms with Crippen LogP contribution in [0, 0.1) is 110 Å². The van der Waals surface area contributed by atoms with Gasteiger partial charge in [0.15, 0.2) is 28.7 Å². The fourth-order valence-corrected chi connectivity index (χ4v) is 15.0. The van der Waals surface area contributed by atoms with Gasteiger partial charge in [0.25, 0.3) is 16.7 Å². The van der Waals surface area contributed by atoms with Crippen molar-refractivity contribution >= 4 is 35.9 Å². The minimum atomic E-state index is -1.73. The molecule has 44 heteroatoms. The molecule has 12 rings (SSSR count). The third-order valence-electron chi connectivity index (χ3n) is 23.7. The van der Waals surface area contributed by atoms with E-state index in [9.17, 15) is 94.1 Å². The van der Waals surface area contributed by atoms with Crippen molar-refractivity contribution in [3.8, 4) is 24.3 Å². The molecule has 6 aliphatic rings. The number of anilines is 3. The monoisotopic (exact) mass is 1680 g/mol. The average Bonchev–Trinajstić information content (AvgIpc) is 1.66. The summed E-state index contributed by atoms with van der Waals surface area (Å²) in [6.07, 6.45) is 6.14. The molecule has 6 aromatic rings. The zero-order valence-electron chi connectivity index (χ0n) is 68.8. The van der Waals surface area contributed by atoms with E-state index < -0.39 is 154 Å². The fraction of sp³-hybridized carbons (Fsp3) is 0.592. The van der Waals surface area contributed by atoms with E-state index in [0.29, 0.717) is 19.1 Å². The van der Waals surface area contributed by atoms with E-state index in [4.69, 9.17) is 50.4 Å². The van der Waals surface area contributed by atoms with Gasteiger partial charge in [-0.3, -0.25) is 61.5 Å². The van der Waals surface area contributed by atoms with Crippen molar-refractivity contribution in [2.75, 3.05) is 50.3 Å². The van der Waals surface area contributed by atoms with Gasteiger partial charge in [-0.2, -0.15) is 36.0 Å². The molecule has 24 atom stereocenters. The summed E-state index contributed by atoms with van der Waals surface area (Å²) in [5.74, 6) is -1.52. The van der Waals surface area contributed by atoms with Crippen LogP contribution in [0.25, 0.3) is 0 Å². The number of rotatable bonds is 15. The average molecular weight is 1680 g/mol. The lowest BCUT2D eigenvalue weighted by molar-refractivity contribution is -0.145. The minimum absolute atomic E-state index is 0.00296. The molecule has 0 radical (unpaired) electrons. The number of aliphatic hydroxyl groups excluding tert-OH is 5. The number of nitrogens with two attached hydrogens (primary N) is 3. The van der Waals surface area contributed by atoms with Crippen molar-refractivity contribution < 1.29 is 68.8 Å². The number of oxime groups is 1. The van der Waals surface area contributed by atoms with Gasteiger partial charge >= 0.3 is 34.1 Å². The van der Waals surface area contributed by atoms with Gasteiger partial charge in [-0.25, -0.2) is 28.8 Å². The van der Waals surface area contributed by atoms with Crippen molar-refractivity contribution in [3.05, 3.63) is 168 Å². The largest absolute Gasteiger partial charge is 0.411 e. The molecule has 44 nitrogen and oxygen atoms in total. The lowest BCUT2D eigenvalue weighted by Gasteiger charge is -2.26. The van der Waals surface area contributed by atoms with Gasteiger partial charge in [-0.1, -0.05) is 95.2 Å². The van der Waals surface area contributed by atoms with Crippen LogP contribution in [0.3, 0.4) is 0 Å². The molecule has 0 spiro atoms. The molecule has 24 unspecified atom stereocenters. The molecule has 1 amide bonds. The number of nitrogens with one attached hydrogen (secondary N) is 4. The second-order valence-electron chi connectivity index (χ2n) is 30.0. The first-order chi connectivity index (χ1) is 56.6. The third-order valence-corrected chi connectivity index (χ3v) is 23.7. The SMILES string of the molecule is CC1C(n2ccc(=O)[nH]c2=O)OC(/C=N/O)(CO)C1C.CC1C(n2ccc(=O)[nH]c2=O)OC(C=O)(CO)C1C.CC1C(n2ccc(N)nc2=O)OC(C#N)(CO)C1C.CC1C(n2ccc(N)nc2=O)OC(C#N)(CO)C1O.CCC1(C#N)OC(n2ccc(=O)[nH]c2=O)C(C)C1C.CCC1(C#N)OC(n2ccc(NC(C)=O)nc2=O)C(C)C1C.CN. The first-order valence-electron chi connectivity index (χ1n) is 38.2. The number of hydrogen-bond acceptors (Lipinski definition) is 34. The van der Waals surface area contributed by atoms with E-state index in [1.54, 1.807) is 26.0 Å². The second kappa shape index (κ2) is 40.4. The maximum Gasteiger partial charge on any atom is 0.351 e. The summed E-state index contributed by atoms with van der Waals surface area (Å²) >= 11 is 0. The number of aldehydes is 1. The summed E-state index contributed by atoms with van der Waals surface area (Å²) in [7, 11) is 1.50. The Kier molecular flexibility index (Phi) is 32.7. The fourth-order valence-electron chi connectivity index (χ4n) is 15.0. The first-order valence-corrected chi connectivity index (χ1v) is 38.2. The molecule has 652 valence electrons. The number of ether oxygens (including phenoxy) is 6. The summed E-state index contributed by atoms with van der Waals surface area (Å²) in [6.45, 7) is 23.7. The van der Waals surface area contributed by atoms with Crippen LogP contribution in [-0.4, -0.2) is 180 Å². The van der Waals surface area contributed by atoms with Gasteiger partial charge < -0.3 is 86.5 Å². The third kappa shape index (κ3) is 19.6. The Labute approximate surface area is 685 Å². The summed E-state index contributed by atoms with van der Waals surface area (Å²) in [6, 6.07) is 16.4. The molecule has 6 fully saturated rings. The quantitative estimate of drug-likeness (QED) is 0.0268. The summed E-state index contributed by atoms with van der Waals surface area (Å²) in [4.78, 5) is 144. The highest BCUT2D eigenvalue weighted by atomic mass is 16.6. The van der Waals surface area contributed by atoms with Gasteiger partial charge in [0.05, 0.1) is 44.8 Å². The Hall–Kier alpha value is -11.6. The Balaban J connectivity index is 0.000000222. The van der Waals surface area contributed by atoms with Crippen LogP contribution >= 0.6 is 0 Å². The highest BCUT2D eigenvalue weighted by Crippen LogP contribution is 2.50. The number of aliphatic hydroxyl groups is 5. The van der Waals surface area contributed by atoms with Crippen LogP contribution in [-0.2, 0) is 38.0 Å². The van der Waals surface area contributed by atoms with E-state index >= 15 is 0 Å². The van der Waals surface area contributed by atoms with Crippen LogP contribution in [0.15, 0.2) is 122 Å². The molecule has 16 N–H and O–H groups in total. The number of nitriles is 4. The van der Waals surface area contributed by atoms with Crippen molar-refractivity contribution in [1.29, 1.82) is 21.0 Å². The molecule has 120 heavy (non-hydrogen) atoms. The Morgan fingerprint density at radius 2 is 0.767 bits per heavy atom. The topological polar surface area (TPSA) is 678 Å². The molecular weight excluding hydrogens is 1570 g/mol. The van der Waals surface area contributed by atoms with Crippen molar-refractivity contribution in [2.24, 2.45) is 76.0 Å². The first kappa shape index (κ1) is 97.2. The van der Waals surface area contributed by atoms with Crippen LogP contribution in [0.1, 0.15) is 147 Å². The van der Waals surface area contributed by atoms with Crippen molar-refractivity contribution in [2.45, 2.75) is 187 Å². The Morgan fingerprint density at radius 1 is 0.467 bits per heavy atom. The zero-order chi connectivity index (χ0) is 90.2. The van der Waals surface area contributed by atoms with Crippen molar-refractivity contribution in [1.82, 2.24) is 57.3 Å². The van der Waals surface area contributed by atoms with Gasteiger partial charge in [-0.05, 0) is 44.0 Å². The number of nitrogens with zero attached hydrogens (tertiary/aromatic N) is 14. The Bertz CT molecular complexity index is 5260. The number of amides is 1. The highest BCUT2D eigenvalue weighted by molar-refractivity contribution is 5.87. The molecule has 6 aromatic heterocycles. The summed E-state index contributed by atoms with van der Waals surface area (Å²) < 4.78 is 41.8. The molecule has 0 aromatic carbocycles. The molecule has 12 heterocycles. The van der Waals surface area contributed by atoms with Crippen molar-refractivity contribution in [3.63, 3.8) is 0 Å². The summed E-state index contributed by atoms with van der Waals surface area (Å²) in [5.41, 5.74) is 3.26. The van der Waals surface area contributed by atoms with Gasteiger partial charge in [0, 0.05) is 121 Å². The van der Waals surface area contributed by atoms with E-state index in [1.807, 2.05) is 82.2 Å². The summed E-state index contributed by atoms with van der Waals surface area (Å²) in [5, 5.41) is 98.9. The number of aromatic nitrogens is 12. The number of carbonyl (C=O) groups is 2. The van der Waals surface area contributed by atoms with E-state index in [0.717, 1.165) is 10.8 Å². The minimum Gasteiger partial charge on any atom is -0.411 e. The number of nitrogen functional groups attached to an aromatic ring is 2. The molecule has 0 saturated carbocycles. The maximum atomic E-state index is 12.2. The number of hydrogen-bond donors (Lipinski definition) is 13. The molecule has 6 saturated heterocycles. The van der Waals surface area contributed by atoms with Crippen LogP contribution in [0.5, 0.6) is 0 Å². The molecular formula is C76H105N21O23. The van der Waals surface area contributed by atoms with E-state index in [1.165, 1.54) is 104 Å². The lowest BCUT2D eigenvalue weighted by Crippen LogP contribution is -2.43. The van der Waals surface area contributed by atoms with Gasteiger partial charge in [-0.15, -0.1) is 0 Å². The zero-order valence-corrected chi connectivity index (χ0v) is 68.8. The predicted octanol–water partition coefficient (Wildman–Crippen LogP) is -0.457. The van der Waals surface area contributed by atoms with Crippen LogP contribution < -0.4 is 73.3 Å². The van der Waals surface area contributed by atoms with E-state index in [2.05, 4.69) is 58.2 Å². The normalized spacial score (nSPS) is 33.0. The smallest absolute Gasteiger partial charge is 0.351 e. The highest BCUT2D eigenvalue weighted by Gasteiger charge is 2.57. The molecule has 6 aliphatic heterocycles. The Morgan fingerprint density at radius 3 is 1.05 bits per heavy atom. The van der Waals surface area contributed by atoms with Gasteiger partial charge in [0.2, 0.25) is 11.5 Å². The molecule has 0 aliphatic carbocycles. The number of aromatic amines is 3. The lowest BCUT2D eigenvalue weighted by atomic mass is 9.82. The maximum absolute atomic E-state index is 12.2. The van der Waals surface area contributed by atoms with Crippen LogP contribution in [0.2, 0.25) is 0 Å². The standard InChI is InChI=1S/C15H20N4O3.C13H17N3O3.C12H16N4O3.C12H17N3O5.C12H16N2O5.C11H14N4O4.CH5N/c1-5-15(8-16)10(3)9(2)13(22-15)19-7-6-12(17-11(4)20)18-14(19)21;1-4-13(7-14)9(3)8(2)11(19-13)16-6-5-10(17)15-12(16)18;1-7-8(2)12(5-13,6-17)19-10(7)16-4-3-9(14)15-11(16)18;1-7-8(2)12(6-16,5-13-19)20-10(7)15-4-3-9(17)14-11(15)18;1-7-8(2)12(5-15,6-16)19-10(7)14-4-3-9(17)13-11(14)18;1-6-8(17)11(4-12,5-16)19-9(6)15-3-2-7(13)14-10(15)18;1-2/h6-7,9-10,13H,5H2,1-4H3,(H,17,18,20,21);5-6,8-9,11H,4H2,1-3H3,(H,15,17,18);3-4,7-8,10,17H,6H2,1-2H3,(H2,14,15,18);3-5,7-8,10,16,19H,6H2,1-2H3,(H,14,17,18);3-5,7-8,10,16H,6H2,1-2H3,(H,13,17,18);2-3,6,8-9,16-17H,5H2,1H3,(H2,13,14,18);2H2,1H3/b;;;13-5+;;;. The number of carbonyl (C=O) groups excluding carboxylic acids is 2.